The van der Waals surface area contributed by atoms with E-state index >= 15 is 0 Å². The normalized spacial score (nSPS) is 12.3. The van der Waals surface area contributed by atoms with E-state index < -0.39 is 11.8 Å². The molecule has 0 saturated carbocycles. The van der Waals surface area contributed by atoms with Gasteiger partial charge in [0, 0.05) is 0 Å². The number of hydrogen-bond donors (Lipinski definition) is 1. The smallest absolute Gasteiger partial charge is 0.336 e. The van der Waals surface area contributed by atoms with E-state index in [9.17, 15) is 9.18 Å². The zero-order valence-corrected chi connectivity index (χ0v) is 12.2. The first-order chi connectivity index (χ1) is 9.54. The molecule has 0 radical (unpaired) electrons. The summed E-state index contributed by atoms with van der Waals surface area (Å²) in [7, 11) is 0. The van der Waals surface area contributed by atoms with Crippen molar-refractivity contribution in [3.05, 3.63) is 35.1 Å². The van der Waals surface area contributed by atoms with Gasteiger partial charge in [-0.05, 0) is 31.0 Å². The minimum Gasteiger partial charge on any atom is -0.478 e. The maximum Gasteiger partial charge on any atom is 0.336 e. The summed E-state index contributed by atoms with van der Waals surface area (Å²) in [5, 5.41) is 9.03. The van der Waals surface area contributed by atoms with Crippen molar-refractivity contribution in [2.45, 2.75) is 58.7 Å². The zero-order chi connectivity index (χ0) is 15.0. The largest absolute Gasteiger partial charge is 0.478 e. The monoisotopic (exact) mass is 282 g/mol. The molecule has 0 saturated heterocycles. The number of ether oxygens (including phenoxy) is 1. The maximum atomic E-state index is 13.0. The van der Waals surface area contributed by atoms with Crippen LogP contribution in [0.1, 0.15) is 61.9 Å². The summed E-state index contributed by atoms with van der Waals surface area (Å²) in [6.45, 7) is 4.36. The number of rotatable bonds is 9. The van der Waals surface area contributed by atoms with E-state index in [4.69, 9.17) is 9.84 Å². The Morgan fingerprint density at radius 2 is 2.10 bits per heavy atom. The van der Waals surface area contributed by atoms with E-state index in [0.717, 1.165) is 18.9 Å². The second-order valence-corrected chi connectivity index (χ2v) is 5.08. The molecule has 1 aromatic carbocycles. The van der Waals surface area contributed by atoms with E-state index in [-0.39, 0.29) is 18.3 Å². The fourth-order valence-corrected chi connectivity index (χ4v) is 2.05. The number of hydrogen-bond acceptors (Lipinski definition) is 2. The highest BCUT2D eigenvalue weighted by Crippen LogP contribution is 2.15. The Morgan fingerprint density at radius 3 is 2.75 bits per heavy atom. The van der Waals surface area contributed by atoms with Crippen molar-refractivity contribution in [3.8, 4) is 0 Å². The molecule has 1 atom stereocenters. The summed E-state index contributed by atoms with van der Waals surface area (Å²) in [6.07, 6.45) is 5.79. The van der Waals surface area contributed by atoms with Crippen LogP contribution in [0.4, 0.5) is 4.39 Å². The van der Waals surface area contributed by atoms with Crippen LogP contribution < -0.4 is 0 Å². The van der Waals surface area contributed by atoms with Gasteiger partial charge in [0.25, 0.3) is 0 Å². The summed E-state index contributed by atoms with van der Waals surface area (Å²) in [5.74, 6) is -1.67. The summed E-state index contributed by atoms with van der Waals surface area (Å²) in [5.41, 5.74) is 0.488. The van der Waals surface area contributed by atoms with Crippen molar-refractivity contribution < 1.29 is 19.0 Å². The molecule has 0 aliphatic heterocycles. The molecule has 3 nitrogen and oxygen atoms in total. The molecule has 1 aromatic rings. The molecule has 1 N–H and O–H groups in total. The molecule has 0 aromatic heterocycles. The lowest BCUT2D eigenvalue weighted by Gasteiger charge is -2.14. The third-order valence-corrected chi connectivity index (χ3v) is 3.29. The third-order valence-electron chi connectivity index (χ3n) is 3.29. The van der Waals surface area contributed by atoms with Crippen LogP contribution in [0.25, 0.3) is 0 Å². The highest BCUT2D eigenvalue weighted by molar-refractivity contribution is 5.89. The van der Waals surface area contributed by atoms with E-state index in [2.05, 4.69) is 6.92 Å². The van der Waals surface area contributed by atoms with Gasteiger partial charge in [-0.3, -0.25) is 0 Å². The molecular formula is C16H23FO3. The molecule has 0 spiro atoms. The quantitative estimate of drug-likeness (QED) is 0.683. The van der Waals surface area contributed by atoms with Crippen molar-refractivity contribution >= 4 is 5.97 Å². The number of benzene rings is 1. The Hall–Kier alpha value is -1.42. The SMILES string of the molecule is CCCCCCC(C)OCc1ccc(F)cc1C(=O)O. The second kappa shape index (κ2) is 8.69. The van der Waals surface area contributed by atoms with E-state index in [1.165, 1.54) is 31.4 Å². The van der Waals surface area contributed by atoms with Gasteiger partial charge in [0.1, 0.15) is 5.82 Å². The van der Waals surface area contributed by atoms with Crippen molar-refractivity contribution in [1.82, 2.24) is 0 Å². The molecule has 0 heterocycles. The third kappa shape index (κ3) is 5.70. The van der Waals surface area contributed by atoms with Crippen LogP contribution in [0, 0.1) is 5.82 Å². The van der Waals surface area contributed by atoms with Crippen LogP contribution in [0.15, 0.2) is 18.2 Å². The predicted octanol–water partition coefficient (Wildman–Crippen LogP) is 4.40. The fraction of sp³-hybridized carbons (Fsp3) is 0.562. The Bertz CT molecular complexity index is 432. The predicted molar refractivity (Wildman–Crippen MR) is 76.4 cm³/mol. The highest BCUT2D eigenvalue weighted by atomic mass is 19.1. The summed E-state index contributed by atoms with van der Waals surface area (Å²) < 4.78 is 18.7. The molecular weight excluding hydrogens is 259 g/mol. The van der Waals surface area contributed by atoms with E-state index in [0.29, 0.717) is 5.56 Å². The maximum absolute atomic E-state index is 13.0. The number of halogens is 1. The highest BCUT2D eigenvalue weighted by Gasteiger charge is 2.12. The number of carboxylic acids is 1. The van der Waals surface area contributed by atoms with E-state index in [1.54, 1.807) is 0 Å². The van der Waals surface area contributed by atoms with Crippen LogP contribution in [0.2, 0.25) is 0 Å². The molecule has 1 rings (SSSR count). The molecule has 1 unspecified atom stereocenters. The van der Waals surface area contributed by atoms with Gasteiger partial charge in [-0.15, -0.1) is 0 Å². The number of carbonyl (C=O) groups is 1. The lowest BCUT2D eigenvalue weighted by Crippen LogP contribution is -2.11. The van der Waals surface area contributed by atoms with Gasteiger partial charge in [-0.2, -0.15) is 0 Å². The molecule has 0 aliphatic carbocycles. The first-order valence-corrected chi connectivity index (χ1v) is 7.18. The zero-order valence-electron chi connectivity index (χ0n) is 12.2. The Kier molecular flexibility index (Phi) is 7.23. The van der Waals surface area contributed by atoms with Crippen molar-refractivity contribution in [3.63, 3.8) is 0 Å². The number of unbranched alkanes of at least 4 members (excludes halogenated alkanes) is 3. The van der Waals surface area contributed by atoms with Crippen LogP contribution >= 0.6 is 0 Å². The summed E-state index contributed by atoms with van der Waals surface area (Å²) in [4.78, 5) is 11.0. The van der Waals surface area contributed by atoms with Gasteiger partial charge in [-0.1, -0.05) is 38.7 Å². The van der Waals surface area contributed by atoms with Gasteiger partial charge >= 0.3 is 5.97 Å². The Labute approximate surface area is 119 Å². The van der Waals surface area contributed by atoms with Crippen LogP contribution in [-0.4, -0.2) is 17.2 Å². The Morgan fingerprint density at radius 1 is 1.35 bits per heavy atom. The molecule has 112 valence electrons. The minimum atomic E-state index is -1.13. The van der Waals surface area contributed by atoms with Gasteiger partial charge in [0.2, 0.25) is 0 Å². The first kappa shape index (κ1) is 16.6. The fourth-order valence-electron chi connectivity index (χ4n) is 2.05. The first-order valence-electron chi connectivity index (χ1n) is 7.18. The molecule has 0 aliphatic rings. The molecule has 0 fully saturated rings. The summed E-state index contributed by atoms with van der Waals surface area (Å²) in [6, 6.07) is 3.77. The topological polar surface area (TPSA) is 46.5 Å². The van der Waals surface area contributed by atoms with Gasteiger partial charge in [0.05, 0.1) is 18.3 Å². The second-order valence-electron chi connectivity index (χ2n) is 5.08. The van der Waals surface area contributed by atoms with Crippen LogP contribution in [0.5, 0.6) is 0 Å². The van der Waals surface area contributed by atoms with Crippen molar-refractivity contribution in [1.29, 1.82) is 0 Å². The average molecular weight is 282 g/mol. The van der Waals surface area contributed by atoms with Gasteiger partial charge in [0.15, 0.2) is 0 Å². The van der Waals surface area contributed by atoms with Gasteiger partial charge in [-0.25, -0.2) is 9.18 Å². The Balaban J connectivity index is 2.46. The lowest BCUT2D eigenvalue weighted by atomic mass is 10.1. The average Bonchev–Trinajstić information content (AvgIpc) is 2.42. The number of aromatic carboxylic acids is 1. The summed E-state index contributed by atoms with van der Waals surface area (Å²) >= 11 is 0. The van der Waals surface area contributed by atoms with Crippen molar-refractivity contribution in [2.24, 2.45) is 0 Å². The molecule has 0 bridgehead atoms. The van der Waals surface area contributed by atoms with Crippen LogP contribution in [0.3, 0.4) is 0 Å². The standard InChI is InChI=1S/C16H23FO3/c1-3-4-5-6-7-12(2)20-11-13-8-9-14(17)10-15(13)16(18)19/h8-10,12H,3-7,11H2,1-2H3,(H,18,19). The lowest BCUT2D eigenvalue weighted by molar-refractivity contribution is 0.0442. The molecule has 20 heavy (non-hydrogen) atoms. The molecule has 4 heteroatoms. The van der Waals surface area contributed by atoms with Crippen LogP contribution in [-0.2, 0) is 11.3 Å². The van der Waals surface area contributed by atoms with E-state index in [1.807, 2.05) is 6.92 Å². The van der Waals surface area contributed by atoms with Gasteiger partial charge < -0.3 is 9.84 Å². The van der Waals surface area contributed by atoms with Crippen molar-refractivity contribution in [2.75, 3.05) is 0 Å². The number of carboxylic acid groups (broad SMARTS) is 1. The minimum absolute atomic E-state index is 0.0248. The molecule has 0 amide bonds.